The predicted octanol–water partition coefficient (Wildman–Crippen LogP) is 3.38. The maximum absolute atomic E-state index is 11.9. The van der Waals surface area contributed by atoms with Crippen molar-refractivity contribution in [3.05, 3.63) is 63.1 Å². The van der Waals surface area contributed by atoms with E-state index >= 15 is 0 Å². The molecule has 2 rings (SSSR count). The fourth-order valence-electron chi connectivity index (χ4n) is 1.98. The van der Waals surface area contributed by atoms with Gasteiger partial charge in [0.15, 0.2) is 0 Å². The molecule has 2 aromatic carbocycles. The molecule has 26 heavy (non-hydrogen) atoms. The third-order valence-electron chi connectivity index (χ3n) is 3.17. The fraction of sp³-hybridized carbons (Fsp3) is 0.167. The summed E-state index contributed by atoms with van der Waals surface area (Å²) >= 11 is 9.23. The first kappa shape index (κ1) is 19.9. The molecule has 0 saturated carbocycles. The highest BCUT2D eigenvalue weighted by Crippen LogP contribution is 2.21. The lowest BCUT2D eigenvalue weighted by atomic mass is 10.2. The van der Waals surface area contributed by atoms with E-state index in [1.54, 1.807) is 24.3 Å². The van der Waals surface area contributed by atoms with E-state index in [1.807, 2.05) is 19.1 Å². The lowest BCUT2D eigenvalue weighted by Gasteiger charge is -2.06. The van der Waals surface area contributed by atoms with Crippen molar-refractivity contribution in [2.24, 2.45) is 5.10 Å². The van der Waals surface area contributed by atoms with Gasteiger partial charge in [-0.1, -0.05) is 33.6 Å². The van der Waals surface area contributed by atoms with Gasteiger partial charge in [-0.25, -0.2) is 5.43 Å². The van der Waals surface area contributed by atoms with Crippen LogP contribution in [-0.2, 0) is 4.79 Å². The number of nitrogens with one attached hydrogen (secondary N) is 2. The second kappa shape index (κ2) is 9.94. The molecule has 0 aliphatic rings. The molecule has 0 unspecified atom stereocenters. The molecule has 6 nitrogen and oxygen atoms in total. The van der Waals surface area contributed by atoms with Gasteiger partial charge in [-0.2, -0.15) is 5.10 Å². The molecule has 0 fully saturated rings. The average molecular weight is 439 g/mol. The van der Waals surface area contributed by atoms with Crippen molar-refractivity contribution in [1.82, 2.24) is 10.7 Å². The van der Waals surface area contributed by atoms with Crippen molar-refractivity contribution in [1.29, 1.82) is 0 Å². The Morgan fingerprint density at radius 1 is 1.27 bits per heavy atom. The summed E-state index contributed by atoms with van der Waals surface area (Å²) in [6.45, 7) is 2.25. The molecular weight excluding hydrogens is 422 g/mol. The largest absolute Gasteiger partial charge is 0.494 e. The van der Waals surface area contributed by atoms with E-state index in [0.29, 0.717) is 22.9 Å². The number of rotatable bonds is 7. The molecule has 0 aliphatic heterocycles. The standard InChI is InChI=1S/C18H17BrClN3O3/c1-2-26-15-6-7-16(19)13(9-15)10-22-23-17(24)11-21-18(25)12-4-3-5-14(20)8-12/h3-10H,2,11H2,1H3,(H,21,25)(H,23,24). The van der Waals surface area contributed by atoms with E-state index in [0.717, 1.165) is 10.0 Å². The first-order valence-corrected chi connectivity index (χ1v) is 8.94. The van der Waals surface area contributed by atoms with Crippen LogP contribution in [0.2, 0.25) is 5.02 Å². The van der Waals surface area contributed by atoms with Crippen LogP contribution in [0.3, 0.4) is 0 Å². The summed E-state index contributed by atoms with van der Waals surface area (Å²) in [4.78, 5) is 23.7. The van der Waals surface area contributed by atoms with Crippen molar-refractivity contribution in [3.63, 3.8) is 0 Å². The van der Waals surface area contributed by atoms with Crippen molar-refractivity contribution < 1.29 is 14.3 Å². The lowest BCUT2D eigenvalue weighted by Crippen LogP contribution is -2.34. The number of halogens is 2. The highest BCUT2D eigenvalue weighted by Gasteiger charge is 2.08. The Bertz CT molecular complexity index is 827. The number of benzene rings is 2. The highest BCUT2D eigenvalue weighted by molar-refractivity contribution is 9.10. The third kappa shape index (κ3) is 6.16. The Balaban J connectivity index is 1.86. The molecule has 0 spiro atoms. The Morgan fingerprint density at radius 3 is 2.81 bits per heavy atom. The number of hydrogen-bond donors (Lipinski definition) is 2. The molecule has 0 aliphatic carbocycles. The lowest BCUT2D eigenvalue weighted by molar-refractivity contribution is -0.120. The Kier molecular flexibility index (Phi) is 7.62. The summed E-state index contributed by atoms with van der Waals surface area (Å²) in [5.74, 6) is -0.134. The van der Waals surface area contributed by atoms with Crippen LogP contribution in [0.15, 0.2) is 52.0 Å². The maximum atomic E-state index is 11.9. The van der Waals surface area contributed by atoms with Crippen LogP contribution in [0.5, 0.6) is 5.75 Å². The summed E-state index contributed by atoms with van der Waals surface area (Å²) in [7, 11) is 0. The van der Waals surface area contributed by atoms with Gasteiger partial charge >= 0.3 is 0 Å². The van der Waals surface area contributed by atoms with Crippen LogP contribution in [0.25, 0.3) is 0 Å². The number of hydrazone groups is 1. The molecule has 0 bridgehead atoms. The summed E-state index contributed by atoms with van der Waals surface area (Å²) < 4.78 is 6.23. The van der Waals surface area contributed by atoms with Crippen LogP contribution in [0, 0.1) is 0 Å². The molecule has 0 heterocycles. The zero-order chi connectivity index (χ0) is 18.9. The number of carbonyl (C=O) groups is 2. The zero-order valence-corrected chi connectivity index (χ0v) is 16.3. The highest BCUT2D eigenvalue weighted by atomic mass is 79.9. The van der Waals surface area contributed by atoms with Crippen LogP contribution in [-0.4, -0.2) is 31.2 Å². The van der Waals surface area contributed by atoms with Gasteiger partial charge in [-0.05, 0) is 43.3 Å². The normalized spacial score (nSPS) is 10.6. The summed E-state index contributed by atoms with van der Waals surface area (Å²) in [6, 6.07) is 11.9. The maximum Gasteiger partial charge on any atom is 0.259 e. The predicted molar refractivity (Wildman–Crippen MR) is 105 cm³/mol. The number of hydrogen-bond acceptors (Lipinski definition) is 4. The molecule has 0 aromatic heterocycles. The summed E-state index contributed by atoms with van der Waals surface area (Å²) in [6.07, 6.45) is 1.49. The van der Waals surface area contributed by atoms with Gasteiger partial charge in [-0.3, -0.25) is 9.59 Å². The van der Waals surface area contributed by atoms with Crippen LogP contribution in [0.1, 0.15) is 22.8 Å². The first-order chi connectivity index (χ1) is 12.5. The SMILES string of the molecule is CCOc1ccc(Br)c(C=NNC(=O)CNC(=O)c2cccc(Cl)c2)c1. The minimum absolute atomic E-state index is 0.206. The van der Waals surface area contributed by atoms with Gasteiger partial charge in [0.2, 0.25) is 0 Å². The second-order valence-electron chi connectivity index (χ2n) is 5.10. The van der Waals surface area contributed by atoms with Crippen LogP contribution < -0.4 is 15.5 Å². The molecule has 2 amide bonds. The topological polar surface area (TPSA) is 79.8 Å². The van der Waals surface area contributed by atoms with E-state index in [4.69, 9.17) is 16.3 Å². The Labute approximate surface area is 164 Å². The van der Waals surface area contributed by atoms with Crippen molar-refractivity contribution >= 4 is 45.6 Å². The zero-order valence-electron chi connectivity index (χ0n) is 14.0. The average Bonchev–Trinajstić information content (AvgIpc) is 2.62. The van der Waals surface area contributed by atoms with E-state index in [1.165, 1.54) is 12.3 Å². The van der Waals surface area contributed by atoms with Crippen LogP contribution in [0.4, 0.5) is 0 Å². The minimum atomic E-state index is -0.450. The number of ether oxygens (including phenoxy) is 1. The van der Waals surface area contributed by atoms with Gasteiger partial charge in [0.25, 0.3) is 11.8 Å². The van der Waals surface area contributed by atoms with E-state index in [-0.39, 0.29) is 6.54 Å². The van der Waals surface area contributed by atoms with Crippen molar-refractivity contribution in [2.75, 3.05) is 13.2 Å². The molecule has 136 valence electrons. The van der Waals surface area contributed by atoms with Crippen molar-refractivity contribution in [3.8, 4) is 5.75 Å². The fourth-order valence-corrected chi connectivity index (χ4v) is 2.52. The monoisotopic (exact) mass is 437 g/mol. The van der Waals surface area contributed by atoms with E-state index in [9.17, 15) is 9.59 Å². The number of nitrogens with zero attached hydrogens (tertiary/aromatic N) is 1. The van der Waals surface area contributed by atoms with Gasteiger partial charge in [0.1, 0.15) is 5.75 Å². The Hall–Kier alpha value is -2.38. The first-order valence-electron chi connectivity index (χ1n) is 7.77. The Morgan fingerprint density at radius 2 is 2.08 bits per heavy atom. The third-order valence-corrected chi connectivity index (χ3v) is 4.12. The quantitative estimate of drug-likeness (QED) is 0.514. The molecule has 8 heteroatoms. The van der Waals surface area contributed by atoms with Gasteiger partial charge in [-0.15, -0.1) is 0 Å². The molecular formula is C18H17BrClN3O3. The van der Waals surface area contributed by atoms with Gasteiger partial charge < -0.3 is 10.1 Å². The molecule has 0 radical (unpaired) electrons. The molecule has 2 N–H and O–H groups in total. The van der Waals surface area contributed by atoms with Crippen molar-refractivity contribution in [2.45, 2.75) is 6.92 Å². The summed E-state index contributed by atoms with van der Waals surface area (Å²) in [5, 5.41) is 6.84. The van der Waals surface area contributed by atoms with Crippen LogP contribution >= 0.6 is 27.5 Å². The van der Waals surface area contributed by atoms with Gasteiger partial charge in [0, 0.05) is 20.6 Å². The minimum Gasteiger partial charge on any atom is -0.494 e. The molecule has 2 aromatic rings. The smallest absolute Gasteiger partial charge is 0.259 e. The van der Waals surface area contributed by atoms with E-state index in [2.05, 4.69) is 31.8 Å². The number of carbonyl (C=O) groups excluding carboxylic acids is 2. The molecule has 0 atom stereocenters. The summed E-state index contributed by atoms with van der Waals surface area (Å²) in [5.41, 5.74) is 3.49. The van der Waals surface area contributed by atoms with E-state index < -0.39 is 11.8 Å². The molecule has 0 saturated heterocycles. The van der Waals surface area contributed by atoms with Gasteiger partial charge in [0.05, 0.1) is 19.4 Å². The number of amides is 2. The second-order valence-corrected chi connectivity index (χ2v) is 6.39.